The van der Waals surface area contributed by atoms with Gasteiger partial charge in [-0.05, 0) is 30.7 Å². The van der Waals surface area contributed by atoms with Crippen LogP contribution in [0, 0.1) is 11.3 Å². The quantitative estimate of drug-likeness (QED) is 0.508. The smallest absolute Gasteiger partial charge is 0.339 e. The van der Waals surface area contributed by atoms with Gasteiger partial charge in [-0.25, -0.2) is 9.59 Å². The summed E-state index contributed by atoms with van der Waals surface area (Å²) < 4.78 is 5.04. The Morgan fingerprint density at radius 2 is 1.76 bits per heavy atom. The minimum absolute atomic E-state index is 0.269. The van der Waals surface area contributed by atoms with Gasteiger partial charge in [-0.1, -0.05) is 49.4 Å². The van der Waals surface area contributed by atoms with Gasteiger partial charge < -0.3 is 10.1 Å². The molecule has 0 heterocycles. The predicted molar refractivity (Wildman–Crippen MR) is 108 cm³/mol. The first kappa shape index (κ1) is 22.0. The van der Waals surface area contributed by atoms with Crippen LogP contribution in [0.3, 0.4) is 0 Å². The Hall–Kier alpha value is -3.31. The lowest BCUT2D eigenvalue weighted by Crippen LogP contribution is -2.41. The minimum atomic E-state index is -0.715. The number of carbonyl (C=O) groups excluding carboxylic acids is 3. The van der Waals surface area contributed by atoms with Crippen molar-refractivity contribution >= 4 is 29.7 Å². The molecular weight excluding hydrogens is 390 g/mol. The van der Waals surface area contributed by atoms with Crippen molar-refractivity contribution in [2.24, 2.45) is 0 Å². The minimum Gasteiger partial charge on any atom is -0.452 e. The van der Waals surface area contributed by atoms with Gasteiger partial charge in [-0.3, -0.25) is 10.1 Å². The lowest BCUT2D eigenvalue weighted by atomic mass is 10.2. The Kier molecular flexibility index (Phi) is 8.73. The highest BCUT2D eigenvalue weighted by Crippen LogP contribution is 2.32. The third-order valence-corrected chi connectivity index (χ3v) is 4.89. The number of ether oxygens (including phenoxy) is 1. The van der Waals surface area contributed by atoms with E-state index in [1.54, 1.807) is 48.5 Å². The van der Waals surface area contributed by atoms with E-state index >= 15 is 0 Å². The zero-order valence-corrected chi connectivity index (χ0v) is 16.8. The van der Waals surface area contributed by atoms with Crippen LogP contribution in [0.25, 0.3) is 0 Å². The molecular formula is C21H21N3O4S. The van der Waals surface area contributed by atoms with Crippen molar-refractivity contribution in [1.82, 2.24) is 10.6 Å². The highest BCUT2D eigenvalue weighted by Gasteiger charge is 2.17. The van der Waals surface area contributed by atoms with E-state index in [4.69, 9.17) is 4.74 Å². The van der Waals surface area contributed by atoms with Crippen LogP contribution in [-0.2, 0) is 9.53 Å². The molecule has 8 heteroatoms. The first-order valence-corrected chi connectivity index (χ1v) is 9.87. The van der Waals surface area contributed by atoms with E-state index < -0.39 is 24.5 Å². The van der Waals surface area contributed by atoms with Gasteiger partial charge in [-0.15, -0.1) is 0 Å². The van der Waals surface area contributed by atoms with Crippen LogP contribution in [-0.4, -0.2) is 31.1 Å². The summed E-state index contributed by atoms with van der Waals surface area (Å²) in [5.41, 5.74) is 0.763. The Balaban J connectivity index is 1.97. The number of imide groups is 1. The van der Waals surface area contributed by atoms with Crippen molar-refractivity contribution in [2.75, 3.05) is 13.2 Å². The maximum Gasteiger partial charge on any atom is 0.339 e. The topological polar surface area (TPSA) is 108 Å². The number of esters is 1. The van der Waals surface area contributed by atoms with Crippen LogP contribution >= 0.6 is 11.8 Å². The number of unbranched alkanes of at least 4 members (excludes halogenated alkanes) is 1. The highest BCUT2D eigenvalue weighted by molar-refractivity contribution is 7.99. The van der Waals surface area contributed by atoms with E-state index in [2.05, 4.69) is 16.7 Å². The van der Waals surface area contributed by atoms with Gasteiger partial charge in [0.2, 0.25) is 0 Å². The molecule has 2 aromatic carbocycles. The van der Waals surface area contributed by atoms with Crippen LogP contribution < -0.4 is 10.6 Å². The summed E-state index contributed by atoms with van der Waals surface area (Å²) in [7, 11) is 0. The molecule has 0 fully saturated rings. The van der Waals surface area contributed by atoms with Crippen LogP contribution in [0.4, 0.5) is 4.79 Å². The number of carbonyl (C=O) groups is 3. The zero-order chi connectivity index (χ0) is 21.1. The second-order valence-electron chi connectivity index (χ2n) is 5.94. The number of hydrogen-bond donors (Lipinski definition) is 2. The lowest BCUT2D eigenvalue weighted by Gasteiger charge is -2.10. The molecule has 150 valence electrons. The maximum atomic E-state index is 12.4. The molecule has 0 saturated heterocycles. The lowest BCUT2D eigenvalue weighted by molar-refractivity contribution is -0.123. The Morgan fingerprint density at radius 3 is 2.48 bits per heavy atom. The molecule has 29 heavy (non-hydrogen) atoms. The third kappa shape index (κ3) is 6.97. The standard InChI is InChI=1S/C21H21N3O4S/c1-2-3-12-23-21(27)24-19(25)14-28-20(26)16-9-5-7-11-18(16)29-17-10-6-4-8-15(17)13-22/h4-11H,2-3,12,14H2,1H3,(H2,23,24,25,27). The molecule has 2 aromatic rings. The number of nitrogens with one attached hydrogen (secondary N) is 2. The Morgan fingerprint density at radius 1 is 1.07 bits per heavy atom. The highest BCUT2D eigenvalue weighted by atomic mass is 32.2. The summed E-state index contributed by atoms with van der Waals surface area (Å²) in [6.45, 7) is 1.87. The molecule has 0 aliphatic rings. The molecule has 3 amide bonds. The molecule has 2 N–H and O–H groups in total. The molecule has 0 atom stereocenters. The van der Waals surface area contributed by atoms with Crippen LogP contribution in [0.5, 0.6) is 0 Å². The van der Waals surface area contributed by atoms with E-state index in [0.29, 0.717) is 21.9 Å². The number of urea groups is 1. The van der Waals surface area contributed by atoms with Crippen molar-refractivity contribution < 1.29 is 19.1 Å². The molecule has 7 nitrogen and oxygen atoms in total. The van der Waals surface area contributed by atoms with E-state index in [1.165, 1.54) is 11.8 Å². The molecule has 0 radical (unpaired) electrons. The van der Waals surface area contributed by atoms with Gasteiger partial charge in [0.05, 0.1) is 11.1 Å². The molecule has 0 aromatic heterocycles. The van der Waals surface area contributed by atoms with Crippen molar-refractivity contribution in [3.63, 3.8) is 0 Å². The average Bonchev–Trinajstić information content (AvgIpc) is 2.73. The number of nitriles is 1. The number of amides is 3. The summed E-state index contributed by atoms with van der Waals surface area (Å²) in [5, 5.41) is 13.9. The Labute approximate surface area is 173 Å². The average molecular weight is 411 g/mol. The number of nitrogens with zero attached hydrogens (tertiary/aromatic N) is 1. The van der Waals surface area contributed by atoms with Gasteiger partial charge in [0.25, 0.3) is 5.91 Å². The van der Waals surface area contributed by atoms with Gasteiger partial charge in [0, 0.05) is 16.3 Å². The number of rotatable bonds is 8. The van der Waals surface area contributed by atoms with E-state index in [0.717, 1.165) is 12.8 Å². The van der Waals surface area contributed by atoms with E-state index in [1.807, 2.05) is 6.92 Å². The SMILES string of the molecule is CCCCNC(=O)NC(=O)COC(=O)c1ccccc1Sc1ccccc1C#N. The van der Waals surface area contributed by atoms with Gasteiger partial charge in [-0.2, -0.15) is 5.26 Å². The maximum absolute atomic E-state index is 12.4. The monoisotopic (exact) mass is 411 g/mol. The molecule has 0 aliphatic heterocycles. The van der Waals surface area contributed by atoms with Crippen molar-refractivity contribution in [3.8, 4) is 6.07 Å². The zero-order valence-electron chi connectivity index (χ0n) is 15.9. The third-order valence-electron chi connectivity index (χ3n) is 3.74. The molecule has 0 aliphatic carbocycles. The second-order valence-corrected chi connectivity index (χ2v) is 7.02. The number of hydrogen-bond acceptors (Lipinski definition) is 6. The second kappa shape index (κ2) is 11.5. The first-order chi connectivity index (χ1) is 14.0. The summed E-state index contributed by atoms with van der Waals surface area (Å²) in [4.78, 5) is 37.1. The van der Waals surface area contributed by atoms with Gasteiger partial charge in [0.15, 0.2) is 6.61 Å². The molecule has 0 saturated carbocycles. The van der Waals surface area contributed by atoms with Gasteiger partial charge >= 0.3 is 12.0 Å². The summed E-state index contributed by atoms with van der Waals surface area (Å²) in [5.74, 6) is -1.41. The first-order valence-electron chi connectivity index (χ1n) is 9.06. The van der Waals surface area contributed by atoms with Crippen molar-refractivity contribution in [3.05, 3.63) is 59.7 Å². The summed E-state index contributed by atoms with van der Waals surface area (Å²) in [6, 6.07) is 15.3. The summed E-state index contributed by atoms with van der Waals surface area (Å²) >= 11 is 1.26. The predicted octanol–water partition coefficient (Wildman–Crippen LogP) is 3.49. The fraction of sp³-hybridized carbons (Fsp3) is 0.238. The van der Waals surface area contributed by atoms with Crippen LogP contribution in [0.15, 0.2) is 58.3 Å². The fourth-order valence-electron chi connectivity index (χ4n) is 2.29. The van der Waals surface area contributed by atoms with E-state index in [9.17, 15) is 19.6 Å². The van der Waals surface area contributed by atoms with Crippen molar-refractivity contribution in [1.29, 1.82) is 5.26 Å². The van der Waals surface area contributed by atoms with Crippen LogP contribution in [0.1, 0.15) is 35.7 Å². The van der Waals surface area contributed by atoms with Crippen molar-refractivity contribution in [2.45, 2.75) is 29.6 Å². The molecule has 0 spiro atoms. The summed E-state index contributed by atoms with van der Waals surface area (Å²) in [6.07, 6.45) is 1.72. The number of benzene rings is 2. The molecule has 2 rings (SSSR count). The van der Waals surface area contributed by atoms with Gasteiger partial charge in [0.1, 0.15) is 6.07 Å². The van der Waals surface area contributed by atoms with Crippen LogP contribution in [0.2, 0.25) is 0 Å². The van der Waals surface area contributed by atoms with E-state index in [-0.39, 0.29) is 5.56 Å². The largest absolute Gasteiger partial charge is 0.452 e. The fourth-order valence-corrected chi connectivity index (χ4v) is 3.30. The Bertz CT molecular complexity index is 924. The molecule has 0 bridgehead atoms. The molecule has 0 unspecified atom stereocenters. The normalized spacial score (nSPS) is 9.93.